The molecule has 0 spiro atoms. The van der Waals surface area contributed by atoms with E-state index in [0.29, 0.717) is 5.92 Å². The average molecular weight is 546 g/mol. The Morgan fingerprint density at radius 2 is 1.71 bits per heavy atom. The molecule has 2 aliphatic rings. The maximum atomic E-state index is 5.51. The van der Waals surface area contributed by atoms with Gasteiger partial charge in [0.05, 0.1) is 14.2 Å². The van der Waals surface area contributed by atoms with E-state index in [0.717, 1.165) is 56.6 Å². The van der Waals surface area contributed by atoms with Crippen molar-refractivity contribution in [1.29, 1.82) is 0 Å². The fourth-order valence-electron chi connectivity index (χ4n) is 4.26. The van der Waals surface area contributed by atoms with E-state index in [9.17, 15) is 0 Å². The first-order chi connectivity index (χ1) is 14.5. The predicted molar refractivity (Wildman–Crippen MR) is 138 cm³/mol. The Kier molecular flexibility index (Phi) is 10.6. The van der Waals surface area contributed by atoms with Crippen LogP contribution in [-0.4, -0.2) is 94.3 Å². The molecule has 3 rings (SSSR count). The lowest BCUT2D eigenvalue weighted by Gasteiger charge is -2.34. The van der Waals surface area contributed by atoms with E-state index < -0.39 is 0 Å². The summed E-state index contributed by atoms with van der Waals surface area (Å²) in [5, 5.41) is 3.50. The zero-order valence-corrected chi connectivity index (χ0v) is 22.1. The number of halogens is 1. The average Bonchev–Trinajstić information content (AvgIpc) is 2.76. The van der Waals surface area contributed by atoms with Gasteiger partial charge in [-0.1, -0.05) is 6.92 Å². The van der Waals surface area contributed by atoms with Gasteiger partial charge in [-0.15, -0.1) is 24.0 Å². The standard InChI is InChI=1S/C23H39N5O2.HI/c1-6-24-23(25-15-18(2)16-27-11-9-26(3)10-12-27)28-8-7-19-13-21(29-4)22(30-5)14-20(19)17-28;/h13-14,18H,6-12,15-17H2,1-5H3,(H,24,25);1H. The predicted octanol–water partition coefficient (Wildman–Crippen LogP) is 2.53. The Hall–Kier alpha value is -1.26. The van der Waals surface area contributed by atoms with Crippen LogP contribution in [0, 0.1) is 5.92 Å². The van der Waals surface area contributed by atoms with Crippen molar-refractivity contribution in [2.24, 2.45) is 10.9 Å². The molecule has 2 heterocycles. The summed E-state index contributed by atoms with van der Waals surface area (Å²) in [6.07, 6.45) is 0.983. The fourth-order valence-corrected chi connectivity index (χ4v) is 4.26. The van der Waals surface area contributed by atoms with Gasteiger partial charge in [-0.2, -0.15) is 0 Å². The molecule has 31 heavy (non-hydrogen) atoms. The molecule has 0 amide bonds. The van der Waals surface area contributed by atoms with Gasteiger partial charge in [0, 0.05) is 58.9 Å². The van der Waals surface area contributed by atoms with Crippen LogP contribution in [0.4, 0.5) is 0 Å². The molecule has 1 aromatic carbocycles. The zero-order valence-electron chi connectivity index (χ0n) is 19.8. The molecule has 7 nitrogen and oxygen atoms in total. The molecule has 0 radical (unpaired) electrons. The number of nitrogens with zero attached hydrogens (tertiary/aromatic N) is 4. The van der Waals surface area contributed by atoms with Gasteiger partial charge in [0.1, 0.15) is 0 Å². The zero-order chi connectivity index (χ0) is 21.5. The number of rotatable bonds is 7. The summed E-state index contributed by atoms with van der Waals surface area (Å²) in [4.78, 5) is 12.3. The van der Waals surface area contributed by atoms with E-state index in [2.05, 4.69) is 53.0 Å². The Morgan fingerprint density at radius 1 is 1.06 bits per heavy atom. The van der Waals surface area contributed by atoms with E-state index in [4.69, 9.17) is 14.5 Å². The van der Waals surface area contributed by atoms with Crippen molar-refractivity contribution in [2.45, 2.75) is 26.8 Å². The van der Waals surface area contributed by atoms with Gasteiger partial charge in [-0.3, -0.25) is 4.99 Å². The Morgan fingerprint density at radius 3 is 2.32 bits per heavy atom. The van der Waals surface area contributed by atoms with Crippen molar-refractivity contribution in [3.63, 3.8) is 0 Å². The van der Waals surface area contributed by atoms with Crippen LogP contribution in [0.25, 0.3) is 0 Å². The van der Waals surface area contributed by atoms with Crippen LogP contribution in [-0.2, 0) is 13.0 Å². The summed E-state index contributed by atoms with van der Waals surface area (Å²) in [5.41, 5.74) is 2.62. The Balaban J connectivity index is 0.00000341. The maximum absolute atomic E-state index is 5.51. The van der Waals surface area contributed by atoms with Crippen LogP contribution >= 0.6 is 24.0 Å². The highest BCUT2D eigenvalue weighted by Gasteiger charge is 2.22. The van der Waals surface area contributed by atoms with Crippen LogP contribution in [0.5, 0.6) is 11.5 Å². The minimum absolute atomic E-state index is 0. The molecule has 0 bridgehead atoms. The van der Waals surface area contributed by atoms with Crippen LogP contribution in [0.1, 0.15) is 25.0 Å². The molecule has 1 N–H and O–H groups in total. The largest absolute Gasteiger partial charge is 0.493 e. The van der Waals surface area contributed by atoms with Gasteiger partial charge in [0.25, 0.3) is 0 Å². The summed E-state index contributed by atoms with van der Waals surface area (Å²) in [6.45, 7) is 13.8. The molecule has 2 aliphatic heterocycles. The molecule has 1 fully saturated rings. The first-order valence-electron chi connectivity index (χ1n) is 11.2. The first-order valence-corrected chi connectivity index (χ1v) is 11.2. The van der Waals surface area contributed by atoms with Crippen molar-refractivity contribution in [3.05, 3.63) is 23.3 Å². The second-order valence-corrected chi connectivity index (χ2v) is 8.55. The van der Waals surface area contributed by atoms with E-state index in [1.807, 2.05) is 0 Å². The molecule has 0 saturated carbocycles. The SMILES string of the molecule is CCNC(=NCC(C)CN1CCN(C)CC1)N1CCc2cc(OC)c(OC)cc2C1.I. The molecule has 1 aromatic rings. The lowest BCUT2D eigenvalue weighted by molar-refractivity contribution is 0.140. The lowest BCUT2D eigenvalue weighted by atomic mass is 9.99. The molecule has 1 atom stereocenters. The second-order valence-electron chi connectivity index (χ2n) is 8.55. The number of hydrogen-bond donors (Lipinski definition) is 1. The lowest BCUT2D eigenvalue weighted by Crippen LogP contribution is -2.46. The number of likely N-dealkylation sites (N-methyl/N-ethyl adjacent to an activating group) is 1. The summed E-state index contributed by atoms with van der Waals surface area (Å²) in [7, 11) is 5.59. The summed E-state index contributed by atoms with van der Waals surface area (Å²) in [6, 6.07) is 4.23. The van der Waals surface area contributed by atoms with Crippen LogP contribution < -0.4 is 14.8 Å². The van der Waals surface area contributed by atoms with Gasteiger partial charge in [-0.05, 0) is 49.6 Å². The van der Waals surface area contributed by atoms with Crippen molar-refractivity contribution >= 4 is 29.9 Å². The van der Waals surface area contributed by atoms with Gasteiger partial charge in [0.2, 0.25) is 0 Å². The topological polar surface area (TPSA) is 52.6 Å². The summed E-state index contributed by atoms with van der Waals surface area (Å²) in [5.74, 6) is 3.16. The minimum atomic E-state index is 0. The number of nitrogens with one attached hydrogen (secondary N) is 1. The molecule has 8 heteroatoms. The number of benzene rings is 1. The normalized spacial score (nSPS) is 18.7. The highest BCUT2D eigenvalue weighted by Crippen LogP contribution is 2.33. The van der Waals surface area contributed by atoms with E-state index >= 15 is 0 Å². The molecular formula is C23H40IN5O2. The van der Waals surface area contributed by atoms with Crippen LogP contribution in [0.15, 0.2) is 17.1 Å². The minimum Gasteiger partial charge on any atom is -0.493 e. The van der Waals surface area contributed by atoms with Crippen molar-refractivity contribution in [2.75, 3.05) is 73.6 Å². The Bertz CT molecular complexity index is 722. The van der Waals surface area contributed by atoms with Crippen LogP contribution in [0.2, 0.25) is 0 Å². The van der Waals surface area contributed by atoms with Gasteiger partial charge < -0.3 is 29.5 Å². The molecule has 1 unspecified atom stereocenters. The highest BCUT2D eigenvalue weighted by atomic mass is 127. The maximum Gasteiger partial charge on any atom is 0.194 e. The molecule has 0 aromatic heterocycles. The van der Waals surface area contributed by atoms with Crippen molar-refractivity contribution in [1.82, 2.24) is 20.0 Å². The van der Waals surface area contributed by atoms with Gasteiger partial charge >= 0.3 is 0 Å². The number of hydrogen-bond acceptors (Lipinski definition) is 5. The summed E-state index contributed by atoms with van der Waals surface area (Å²) < 4.78 is 11.0. The molecule has 1 saturated heterocycles. The number of methoxy groups -OCH3 is 2. The van der Waals surface area contributed by atoms with E-state index in [1.165, 1.54) is 37.3 Å². The first kappa shape index (κ1) is 26.0. The third-order valence-electron chi connectivity index (χ3n) is 6.07. The number of guanidine groups is 1. The molecular weight excluding hydrogens is 505 g/mol. The third kappa shape index (κ3) is 7.12. The van der Waals surface area contributed by atoms with Gasteiger partial charge in [-0.25, -0.2) is 0 Å². The van der Waals surface area contributed by atoms with Crippen molar-refractivity contribution < 1.29 is 9.47 Å². The molecule has 176 valence electrons. The van der Waals surface area contributed by atoms with E-state index in [1.54, 1.807) is 14.2 Å². The second kappa shape index (κ2) is 12.7. The summed E-state index contributed by atoms with van der Waals surface area (Å²) >= 11 is 0. The highest BCUT2D eigenvalue weighted by molar-refractivity contribution is 14.0. The number of piperazine rings is 1. The number of ether oxygens (including phenoxy) is 2. The smallest absolute Gasteiger partial charge is 0.194 e. The fraction of sp³-hybridized carbons (Fsp3) is 0.696. The number of aliphatic imine (C=N–C) groups is 1. The van der Waals surface area contributed by atoms with Gasteiger partial charge in [0.15, 0.2) is 17.5 Å². The van der Waals surface area contributed by atoms with Crippen LogP contribution in [0.3, 0.4) is 0 Å². The van der Waals surface area contributed by atoms with E-state index in [-0.39, 0.29) is 24.0 Å². The molecule has 0 aliphatic carbocycles. The quantitative estimate of drug-likeness (QED) is 0.323. The third-order valence-corrected chi connectivity index (χ3v) is 6.07. The monoisotopic (exact) mass is 545 g/mol. The number of fused-ring (bicyclic) bond motifs is 1. The Labute approximate surface area is 205 Å². The van der Waals surface area contributed by atoms with Crippen molar-refractivity contribution in [3.8, 4) is 11.5 Å².